The monoisotopic (exact) mass is 224 g/mol. The van der Waals surface area contributed by atoms with Gasteiger partial charge in [0.15, 0.2) is 0 Å². The van der Waals surface area contributed by atoms with Crippen molar-refractivity contribution in [2.75, 3.05) is 0 Å². The number of hydrogen-bond acceptors (Lipinski definition) is 5. The molecular formula is C6H10O5P2. The number of benzene rings is 1. The van der Waals surface area contributed by atoms with Gasteiger partial charge in [0.05, 0.1) is 0 Å². The van der Waals surface area contributed by atoms with Gasteiger partial charge < -0.3 is 19.6 Å². The van der Waals surface area contributed by atoms with Crippen molar-refractivity contribution in [3.63, 3.8) is 0 Å². The lowest BCUT2D eigenvalue weighted by atomic mass is 10.4. The Morgan fingerprint density at radius 3 is 0.923 bits per heavy atom. The van der Waals surface area contributed by atoms with Gasteiger partial charge in [-0.1, -0.05) is 36.4 Å². The van der Waals surface area contributed by atoms with Crippen LogP contribution in [-0.4, -0.2) is 19.6 Å². The fraction of sp³-hybridized carbons (Fsp3) is 0. The molecule has 0 aliphatic heterocycles. The normalized spacial score (nSPS) is 9.69. The minimum atomic E-state index is -2.61. The van der Waals surface area contributed by atoms with Gasteiger partial charge in [0.2, 0.25) is 0 Å². The van der Waals surface area contributed by atoms with Crippen molar-refractivity contribution >= 4 is 17.2 Å². The molecule has 5 nitrogen and oxygen atoms in total. The van der Waals surface area contributed by atoms with Crippen LogP contribution in [0.2, 0.25) is 0 Å². The molecule has 7 heteroatoms. The minimum Gasteiger partial charge on any atom is -0.328 e. The topological polar surface area (TPSA) is 90.2 Å². The summed E-state index contributed by atoms with van der Waals surface area (Å²) in [7, 11) is -5.22. The van der Waals surface area contributed by atoms with E-state index in [0.29, 0.717) is 0 Å². The fourth-order valence-corrected chi connectivity index (χ4v) is 0.973. The summed E-state index contributed by atoms with van der Waals surface area (Å²) >= 11 is 0. The Labute approximate surface area is 78.2 Å². The predicted molar refractivity (Wildman–Crippen MR) is 50.2 cm³/mol. The molecular weight excluding hydrogens is 214 g/mol. The van der Waals surface area contributed by atoms with Crippen molar-refractivity contribution in [2.24, 2.45) is 0 Å². The van der Waals surface area contributed by atoms with Crippen LogP contribution in [0, 0.1) is 0 Å². The van der Waals surface area contributed by atoms with Crippen LogP contribution in [0.25, 0.3) is 0 Å². The van der Waals surface area contributed by atoms with Crippen LogP contribution >= 0.6 is 17.2 Å². The van der Waals surface area contributed by atoms with Crippen LogP contribution < -0.4 is 0 Å². The molecule has 0 bridgehead atoms. The predicted octanol–water partition coefficient (Wildman–Crippen LogP) is 1.11. The molecule has 0 aromatic heterocycles. The highest BCUT2D eigenvalue weighted by atomic mass is 31.2. The molecule has 0 radical (unpaired) electrons. The molecule has 0 saturated carbocycles. The molecule has 13 heavy (non-hydrogen) atoms. The molecule has 0 heterocycles. The van der Waals surface area contributed by atoms with E-state index >= 15 is 0 Å². The van der Waals surface area contributed by atoms with E-state index in [0.717, 1.165) is 0 Å². The van der Waals surface area contributed by atoms with Crippen molar-refractivity contribution in [1.82, 2.24) is 0 Å². The van der Waals surface area contributed by atoms with Gasteiger partial charge in [0, 0.05) is 0 Å². The largest absolute Gasteiger partial charge is 0.334 e. The van der Waals surface area contributed by atoms with Gasteiger partial charge in [-0.25, -0.2) is 4.31 Å². The van der Waals surface area contributed by atoms with E-state index in [1.807, 2.05) is 36.4 Å². The van der Waals surface area contributed by atoms with Gasteiger partial charge in [-0.05, 0) is 0 Å². The maximum absolute atomic E-state index is 7.82. The molecule has 74 valence electrons. The molecule has 0 aliphatic carbocycles. The molecule has 0 atom stereocenters. The first-order chi connectivity index (χ1) is 6.13. The van der Waals surface area contributed by atoms with Crippen LogP contribution in [0.4, 0.5) is 0 Å². The highest BCUT2D eigenvalue weighted by Crippen LogP contribution is 2.41. The lowest BCUT2D eigenvalue weighted by Crippen LogP contribution is -1.73. The zero-order valence-electron chi connectivity index (χ0n) is 6.56. The molecule has 1 aromatic rings. The summed E-state index contributed by atoms with van der Waals surface area (Å²) in [6.45, 7) is 0. The molecule has 0 unspecified atom stereocenters. The molecule has 0 aliphatic rings. The third-order valence-corrected chi connectivity index (χ3v) is 1.98. The van der Waals surface area contributed by atoms with Crippen molar-refractivity contribution in [3.05, 3.63) is 36.4 Å². The smallest absolute Gasteiger partial charge is 0.328 e. The lowest BCUT2D eigenvalue weighted by Gasteiger charge is -2.00. The van der Waals surface area contributed by atoms with E-state index in [1.54, 1.807) is 0 Å². The Morgan fingerprint density at radius 1 is 0.615 bits per heavy atom. The summed E-state index contributed by atoms with van der Waals surface area (Å²) < 4.78 is 3.60. The SMILES string of the molecule is OP(O)OP(O)O.c1ccccc1. The van der Waals surface area contributed by atoms with E-state index in [4.69, 9.17) is 19.6 Å². The van der Waals surface area contributed by atoms with Gasteiger partial charge in [-0.2, -0.15) is 0 Å². The zero-order valence-corrected chi connectivity index (χ0v) is 8.34. The van der Waals surface area contributed by atoms with Gasteiger partial charge in [-0.3, -0.25) is 0 Å². The molecule has 1 aromatic carbocycles. The first-order valence-corrected chi connectivity index (χ1v) is 5.50. The minimum absolute atomic E-state index is 2.00. The first-order valence-electron chi connectivity index (χ1n) is 3.17. The Kier molecular flexibility index (Phi) is 8.40. The average molecular weight is 224 g/mol. The maximum Gasteiger partial charge on any atom is 0.334 e. The van der Waals surface area contributed by atoms with Crippen LogP contribution in [0.5, 0.6) is 0 Å². The molecule has 0 spiro atoms. The van der Waals surface area contributed by atoms with Gasteiger partial charge in [-0.15, -0.1) is 0 Å². The summed E-state index contributed by atoms with van der Waals surface area (Å²) in [5.41, 5.74) is 0. The van der Waals surface area contributed by atoms with Gasteiger partial charge >= 0.3 is 17.2 Å². The summed E-state index contributed by atoms with van der Waals surface area (Å²) in [5, 5.41) is 0. The Bertz CT molecular complexity index is 161. The highest BCUT2D eigenvalue weighted by molar-refractivity contribution is 7.53. The third-order valence-electron chi connectivity index (χ3n) is 0.813. The zero-order chi connectivity index (χ0) is 10.1. The first kappa shape index (κ1) is 12.9. The van der Waals surface area contributed by atoms with Crippen LogP contribution in [0.3, 0.4) is 0 Å². The molecule has 1 rings (SSSR count). The summed E-state index contributed by atoms with van der Waals surface area (Å²) in [5.74, 6) is 0. The van der Waals surface area contributed by atoms with Crippen LogP contribution in [0.1, 0.15) is 0 Å². The standard InChI is InChI=1S/C6H6.H4O5P2/c1-2-4-6-5-3-1;1-6(2)5-7(3)4/h1-6H;1-4H. The fourth-order valence-electron chi connectivity index (χ4n) is 0.450. The quantitative estimate of drug-likeness (QED) is 0.565. The highest BCUT2D eigenvalue weighted by Gasteiger charge is 2.05. The lowest BCUT2D eigenvalue weighted by molar-refractivity contribution is 0.324. The summed E-state index contributed by atoms with van der Waals surface area (Å²) in [4.78, 5) is 31.3. The van der Waals surface area contributed by atoms with Gasteiger partial charge in [0.25, 0.3) is 0 Å². The summed E-state index contributed by atoms with van der Waals surface area (Å²) in [6.07, 6.45) is 0. The van der Waals surface area contributed by atoms with E-state index in [2.05, 4.69) is 4.31 Å². The van der Waals surface area contributed by atoms with E-state index in [-0.39, 0.29) is 0 Å². The average Bonchev–Trinajstić information content (AvgIpc) is 2.06. The second kappa shape index (κ2) is 8.48. The van der Waals surface area contributed by atoms with Crippen molar-refractivity contribution in [1.29, 1.82) is 0 Å². The Morgan fingerprint density at radius 2 is 0.846 bits per heavy atom. The van der Waals surface area contributed by atoms with E-state index < -0.39 is 17.2 Å². The van der Waals surface area contributed by atoms with Gasteiger partial charge in [0.1, 0.15) is 0 Å². The number of hydrogen-bond donors (Lipinski definition) is 4. The maximum atomic E-state index is 7.82. The van der Waals surface area contributed by atoms with Crippen LogP contribution in [-0.2, 0) is 4.31 Å². The van der Waals surface area contributed by atoms with Crippen LogP contribution in [0.15, 0.2) is 36.4 Å². The molecule has 0 fully saturated rings. The molecule has 0 amide bonds. The van der Waals surface area contributed by atoms with Crippen molar-refractivity contribution in [2.45, 2.75) is 0 Å². The second-order valence-electron chi connectivity index (χ2n) is 1.74. The number of rotatable bonds is 2. The molecule has 0 saturated heterocycles. The Balaban J connectivity index is 0.000000223. The summed E-state index contributed by atoms with van der Waals surface area (Å²) in [6, 6.07) is 12.0. The molecule has 4 N–H and O–H groups in total. The Hall–Kier alpha value is -0.120. The van der Waals surface area contributed by atoms with Crippen molar-refractivity contribution < 1.29 is 23.9 Å². The second-order valence-corrected chi connectivity index (χ2v) is 3.41. The van der Waals surface area contributed by atoms with E-state index in [9.17, 15) is 0 Å². The van der Waals surface area contributed by atoms with E-state index in [1.165, 1.54) is 0 Å². The third kappa shape index (κ3) is 11.9. The van der Waals surface area contributed by atoms with Crippen molar-refractivity contribution in [3.8, 4) is 0 Å².